The predicted octanol–water partition coefficient (Wildman–Crippen LogP) is 3.20. The van der Waals surface area contributed by atoms with E-state index in [1.807, 2.05) is 25.0 Å². The van der Waals surface area contributed by atoms with Crippen molar-refractivity contribution in [1.29, 1.82) is 0 Å². The lowest BCUT2D eigenvalue weighted by Crippen LogP contribution is -2.39. The number of rotatable bonds is 5. The maximum absolute atomic E-state index is 12.4. The Kier molecular flexibility index (Phi) is 7.87. The summed E-state index contributed by atoms with van der Waals surface area (Å²) in [6, 6.07) is 0.211. The number of nitrogens with one attached hydrogen (secondary N) is 1. The van der Waals surface area contributed by atoms with Crippen LogP contribution in [0.25, 0.3) is 0 Å². The molecule has 7 heteroatoms. The summed E-state index contributed by atoms with van der Waals surface area (Å²) in [4.78, 5) is 35.2. The van der Waals surface area contributed by atoms with Crippen molar-refractivity contribution in [1.82, 2.24) is 15.3 Å². The highest BCUT2D eigenvalue weighted by atomic mass is 32.2. The van der Waals surface area contributed by atoms with Gasteiger partial charge in [-0.2, -0.15) is 0 Å². The Labute approximate surface area is 160 Å². The molecule has 1 aromatic rings. The largest absolute Gasteiger partial charge is 0.356 e. The minimum Gasteiger partial charge on any atom is -0.356 e. The van der Waals surface area contributed by atoms with Crippen molar-refractivity contribution in [3.05, 3.63) is 11.8 Å². The summed E-state index contributed by atoms with van der Waals surface area (Å²) >= 11 is 1.47. The van der Waals surface area contributed by atoms with E-state index in [0.717, 1.165) is 44.2 Å². The predicted molar refractivity (Wildman–Crippen MR) is 105 cm³/mol. The molecule has 6 nitrogen and oxygen atoms in total. The summed E-state index contributed by atoms with van der Waals surface area (Å²) < 4.78 is 0. The average Bonchev–Trinajstić information content (AvgIpc) is 3.30. The van der Waals surface area contributed by atoms with Gasteiger partial charge in [0.1, 0.15) is 5.82 Å². The Balaban J connectivity index is 0.00000117. The van der Waals surface area contributed by atoms with Crippen molar-refractivity contribution in [3.63, 3.8) is 0 Å². The molecule has 2 amide bonds. The number of carbonyl (C=O) groups is 2. The Morgan fingerprint density at radius 2 is 2.00 bits per heavy atom. The van der Waals surface area contributed by atoms with E-state index in [1.54, 1.807) is 13.1 Å². The normalized spacial score (nSPS) is 19.7. The van der Waals surface area contributed by atoms with Crippen LogP contribution in [-0.2, 0) is 16.0 Å². The second kappa shape index (κ2) is 9.90. The van der Waals surface area contributed by atoms with Gasteiger partial charge in [0.25, 0.3) is 0 Å². The standard InChI is InChI=1S/C17H24N4O2S.C2H6/c1-11(22)21(14-5-3-4-6-14)15-13(10-19-17(20-15)24-2)9-12-7-8-18-16(12)23;1-2/h10,12,14H,3-9H2,1-2H3,(H,18,23);1-2H3. The average molecular weight is 379 g/mol. The van der Waals surface area contributed by atoms with E-state index < -0.39 is 0 Å². The maximum Gasteiger partial charge on any atom is 0.225 e. The van der Waals surface area contributed by atoms with Gasteiger partial charge in [-0.15, -0.1) is 0 Å². The topological polar surface area (TPSA) is 75.2 Å². The number of nitrogens with zero attached hydrogens (tertiary/aromatic N) is 3. The number of aromatic nitrogens is 2. The molecule has 26 heavy (non-hydrogen) atoms. The van der Waals surface area contributed by atoms with Crippen molar-refractivity contribution in [2.45, 2.75) is 70.5 Å². The zero-order chi connectivity index (χ0) is 19.1. The van der Waals surface area contributed by atoms with Crippen LogP contribution in [0.2, 0.25) is 0 Å². The van der Waals surface area contributed by atoms with Gasteiger partial charge in [-0.05, 0) is 31.9 Å². The number of amides is 2. The molecule has 0 radical (unpaired) electrons. The molecule has 1 saturated heterocycles. The molecule has 2 aliphatic rings. The molecule has 3 rings (SSSR count). The lowest BCUT2D eigenvalue weighted by molar-refractivity contribution is -0.122. The summed E-state index contributed by atoms with van der Waals surface area (Å²) in [6.45, 7) is 6.33. The van der Waals surface area contributed by atoms with Gasteiger partial charge in [-0.1, -0.05) is 38.5 Å². The third kappa shape index (κ3) is 4.75. The third-order valence-electron chi connectivity index (χ3n) is 4.89. The molecule has 1 aromatic heterocycles. The van der Waals surface area contributed by atoms with E-state index in [9.17, 15) is 9.59 Å². The van der Waals surface area contributed by atoms with Gasteiger partial charge in [0, 0.05) is 37.2 Å². The van der Waals surface area contributed by atoms with Gasteiger partial charge in [0.15, 0.2) is 5.16 Å². The number of thioether (sulfide) groups is 1. The number of hydrogen-bond donors (Lipinski definition) is 1. The highest BCUT2D eigenvalue weighted by Gasteiger charge is 2.31. The molecule has 1 aliphatic heterocycles. The maximum atomic E-state index is 12.4. The van der Waals surface area contributed by atoms with Crippen LogP contribution in [0.4, 0.5) is 5.82 Å². The molecule has 1 atom stereocenters. The first-order chi connectivity index (χ1) is 12.6. The lowest BCUT2D eigenvalue weighted by Gasteiger charge is -2.29. The van der Waals surface area contributed by atoms with Gasteiger partial charge >= 0.3 is 0 Å². The van der Waals surface area contributed by atoms with Gasteiger partial charge in [0.2, 0.25) is 11.8 Å². The summed E-state index contributed by atoms with van der Waals surface area (Å²) in [7, 11) is 0. The van der Waals surface area contributed by atoms with Crippen molar-refractivity contribution in [2.75, 3.05) is 17.7 Å². The van der Waals surface area contributed by atoms with E-state index in [4.69, 9.17) is 0 Å². The van der Waals surface area contributed by atoms with Gasteiger partial charge in [-0.3, -0.25) is 14.5 Å². The van der Waals surface area contributed by atoms with Crippen molar-refractivity contribution in [3.8, 4) is 0 Å². The summed E-state index contributed by atoms with van der Waals surface area (Å²) in [6.07, 6.45) is 9.47. The van der Waals surface area contributed by atoms with Crippen LogP contribution in [0.5, 0.6) is 0 Å². The molecule has 1 unspecified atom stereocenters. The van der Waals surface area contributed by atoms with Crippen LogP contribution in [-0.4, -0.2) is 40.6 Å². The highest BCUT2D eigenvalue weighted by Crippen LogP contribution is 2.32. The first-order valence-corrected chi connectivity index (χ1v) is 10.8. The minimum absolute atomic E-state index is 0.0183. The SMILES string of the molecule is CC.CSc1ncc(CC2CCNC2=O)c(N(C(C)=O)C2CCCC2)n1. The summed E-state index contributed by atoms with van der Waals surface area (Å²) in [5.74, 6) is 0.758. The van der Waals surface area contributed by atoms with Crippen molar-refractivity contribution < 1.29 is 9.59 Å². The van der Waals surface area contributed by atoms with E-state index >= 15 is 0 Å². The first kappa shape index (κ1) is 20.7. The zero-order valence-electron chi connectivity index (χ0n) is 16.2. The van der Waals surface area contributed by atoms with E-state index in [0.29, 0.717) is 17.4 Å². The molecule has 1 aliphatic carbocycles. The van der Waals surface area contributed by atoms with E-state index in [-0.39, 0.29) is 23.8 Å². The molecule has 0 spiro atoms. The summed E-state index contributed by atoms with van der Waals surface area (Å²) in [5.41, 5.74) is 0.900. The fraction of sp³-hybridized carbons (Fsp3) is 0.684. The van der Waals surface area contributed by atoms with Crippen LogP contribution < -0.4 is 10.2 Å². The van der Waals surface area contributed by atoms with E-state index in [1.165, 1.54) is 11.8 Å². The Bertz CT molecular complexity index is 632. The highest BCUT2D eigenvalue weighted by molar-refractivity contribution is 7.98. The fourth-order valence-corrected chi connectivity index (χ4v) is 4.02. The van der Waals surface area contributed by atoms with Crippen LogP contribution in [0.3, 0.4) is 0 Å². The number of hydrogen-bond acceptors (Lipinski definition) is 5. The van der Waals surface area contributed by atoms with Gasteiger partial charge in [0.05, 0.1) is 0 Å². The second-order valence-corrected chi connectivity index (χ2v) is 7.29. The third-order valence-corrected chi connectivity index (χ3v) is 5.45. The van der Waals surface area contributed by atoms with Crippen LogP contribution in [0.15, 0.2) is 11.4 Å². The molecule has 144 valence electrons. The van der Waals surface area contributed by atoms with E-state index in [2.05, 4.69) is 15.3 Å². The zero-order valence-corrected chi connectivity index (χ0v) is 17.1. The Morgan fingerprint density at radius 3 is 2.54 bits per heavy atom. The van der Waals surface area contributed by atoms with Gasteiger partial charge in [-0.25, -0.2) is 9.97 Å². The monoisotopic (exact) mass is 378 g/mol. The first-order valence-electron chi connectivity index (χ1n) is 9.57. The number of carbonyl (C=O) groups excluding carboxylic acids is 2. The van der Waals surface area contributed by atoms with Crippen LogP contribution in [0.1, 0.15) is 58.4 Å². The van der Waals surface area contributed by atoms with Gasteiger partial charge < -0.3 is 5.32 Å². The summed E-state index contributed by atoms with van der Waals surface area (Å²) in [5, 5.41) is 3.54. The fourth-order valence-electron chi connectivity index (χ4n) is 3.68. The van der Waals surface area contributed by atoms with Crippen molar-refractivity contribution >= 4 is 29.4 Å². The Morgan fingerprint density at radius 1 is 1.31 bits per heavy atom. The second-order valence-electron chi connectivity index (χ2n) is 6.51. The molecule has 1 saturated carbocycles. The molecular formula is C19H30N4O2S. The lowest BCUT2D eigenvalue weighted by atomic mass is 9.98. The molecule has 2 fully saturated rings. The van der Waals surface area contributed by atoms with Crippen LogP contribution in [0, 0.1) is 5.92 Å². The quantitative estimate of drug-likeness (QED) is 0.629. The number of anilines is 1. The van der Waals surface area contributed by atoms with Crippen LogP contribution >= 0.6 is 11.8 Å². The molecule has 1 N–H and O–H groups in total. The Hall–Kier alpha value is -1.63. The molecule has 0 bridgehead atoms. The van der Waals surface area contributed by atoms with Crippen molar-refractivity contribution in [2.24, 2.45) is 5.92 Å². The molecule has 2 heterocycles. The smallest absolute Gasteiger partial charge is 0.225 e. The molecular weight excluding hydrogens is 348 g/mol. The minimum atomic E-state index is -0.0511. The molecule has 0 aromatic carbocycles.